The minimum absolute atomic E-state index is 0.0852. The molecule has 1 unspecified atom stereocenters. The molecule has 3 N–H and O–H groups in total. The maximum atomic E-state index is 13.4. The summed E-state index contributed by atoms with van der Waals surface area (Å²) in [5, 5.41) is 8.83. The average molecular weight is 288 g/mol. The zero-order valence-corrected chi connectivity index (χ0v) is 11.0. The molecule has 4 nitrogen and oxygen atoms in total. The third-order valence-electron chi connectivity index (χ3n) is 2.91. The van der Waals surface area contributed by atoms with Crippen LogP contribution in [0.2, 0.25) is 5.02 Å². The Labute approximate surface area is 115 Å². The number of hydrogen-bond donors (Lipinski definition) is 2. The van der Waals surface area contributed by atoms with Crippen molar-refractivity contribution in [3.8, 4) is 5.75 Å². The van der Waals surface area contributed by atoms with Crippen LogP contribution < -0.4 is 10.5 Å². The van der Waals surface area contributed by atoms with Gasteiger partial charge in [-0.1, -0.05) is 11.6 Å². The summed E-state index contributed by atoms with van der Waals surface area (Å²) in [5.41, 5.74) is 6.34. The molecule has 1 fully saturated rings. The van der Waals surface area contributed by atoms with Crippen molar-refractivity contribution < 1.29 is 19.0 Å². The maximum Gasteiger partial charge on any atom is 0.303 e. The Morgan fingerprint density at radius 2 is 2.26 bits per heavy atom. The van der Waals surface area contributed by atoms with E-state index in [-0.39, 0.29) is 24.0 Å². The van der Waals surface area contributed by atoms with Gasteiger partial charge in [-0.25, -0.2) is 4.39 Å². The van der Waals surface area contributed by atoms with Crippen LogP contribution in [0.25, 0.3) is 0 Å². The molecule has 0 aromatic heterocycles. The Bertz CT molecular complexity index is 491. The van der Waals surface area contributed by atoms with Gasteiger partial charge in [-0.15, -0.1) is 0 Å². The van der Waals surface area contributed by atoms with Gasteiger partial charge in [0.05, 0.1) is 11.1 Å². The van der Waals surface area contributed by atoms with Crippen LogP contribution in [0.15, 0.2) is 12.1 Å². The molecule has 0 amide bonds. The summed E-state index contributed by atoms with van der Waals surface area (Å²) < 4.78 is 19.1. The fourth-order valence-corrected chi connectivity index (χ4v) is 2.02. The zero-order valence-electron chi connectivity index (χ0n) is 10.2. The molecule has 1 aromatic rings. The molecule has 0 saturated heterocycles. The molecule has 1 aliphatic carbocycles. The van der Waals surface area contributed by atoms with Crippen LogP contribution in [0.1, 0.15) is 37.3 Å². The molecule has 0 aliphatic heterocycles. The lowest BCUT2D eigenvalue weighted by Gasteiger charge is -2.17. The number of halogens is 2. The lowest BCUT2D eigenvalue weighted by molar-refractivity contribution is -0.137. The SMILES string of the molecule is NC(CCC(=O)O)c1cc(F)cc(Cl)c1OC1CC1. The van der Waals surface area contributed by atoms with Gasteiger partial charge in [-0.2, -0.15) is 0 Å². The summed E-state index contributed by atoms with van der Waals surface area (Å²) in [5.74, 6) is -1.07. The second kappa shape index (κ2) is 5.75. The highest BCUT2D eigenvalue weighted by Gasteiger charge is 2.27. The summed E-state index contributed by atoms with van der Waals surface area (Å²) in [6, 6.07) is 1.82. The number of carboxylic acid groups (broad SMARTS) is 1. The van der Waals surface area contributed by atoms with Crippen molar-refractivity contribution in [2.24, 2.45) is 5.73 Å². The first-order valence-electron chi connectivity index (χ1n) is 6.10. The first-order valence-corrected chi connectivity index (χ1v) is 6.48. The van der Waals surface area contributed by atoms with Gasteiger partial charge in [0.25, 0.3) is 0 Å². The Morgan fingerprint density at radius 1 is 1.58 bits per heavy atom. The van der Waals surface area contributed by atoms with Crippen molar-refractivity contribution in [2.75, 3.05) is 0 Å². The lowest BCUT2D eigenvalue weighted by Crippen LogP contribution is -2.15. The van der Waals surface area contributed by atoms with Gasteiger partial charge in [-0.3, -0.25) is 4.79 Å². The largest absolute Gasteiger partial charge is 0.489 e. The van der Waals surface area contributed by atoms with Crippen molar-refractivity contribution in [2.45, 2.75) is 37.8 Å². The Morgan fingerprint density at radius 3 is 2.84 bits per heavy atom. The van der Waals surface area contributed by atoms with Crippen molar-refractivity contribution in [1.82, 2.24) is 0 Å². The molecular formula is C13H15ClFNO3. The second-order valence-electron chi connectivity index (χ2n) is 4.66. The fourth-order valence-electron chi connectivity index (χ4n) is 1.77. The van der Waals surface area contributed by atoms with Gasteiger partial charge >= 0.3 is 5.97 Å². The predicted octanol–water partition coefficient (Wildman–Crippen LogP) is 2.88. The molecule has 6 heteroatoms. The summed E-state index contributed by atoms with van der Waals surface area (Å²) in [7, 11) is 0. The van der Waals surface area contributed by atoms with E-state index in [2.05, 4.69) is 0 Å². The summed E-state index contributed by atoms with van der Waals surface area (Å²) >= 11 is 5.98. The molecule has 104 valence electrons. The molecule has 1 atom stereocenters. The third kappa shape index (κ3) is 3.81. The van der Waals surface area contributed by atoms with Crippen molar-refractivity contribution >= 4 is 17.6 Å². The standard InChI is InChI=1S/C13H15ClFNO3/c14-10-6-7(15)5-9(11(16)3-4-12(17)18)13(10)19-8-1-2-8/h5-6,8,11H,1-4,16H2,(H,17,18). The molecule has 1 aromatic carbocycles. The van der Waals surface area contributed by atoms with E-state index in [1.165, 1.54) is 12.1 Å². The van der Waals surface area contributed by atoms with Crippen LogP contribution in [0.4, 0.5) is 4.39 Å². The number of aliphatic carboxylic acids is 1. The highest BCUT2D eigenvalue weighted by atomic mass is 35.5. The maximum absolute atomic E-state index is 13.4. The second-order valence-corrected chi connectivity index (χ2v) is 5.07. The minimum Gasteiger partial charge on any atom is -0.489 e. The van der Waals surface area contributed by atoms with Crippen LogP contribution in [0, 0.1) is 5.82 Å². The Hall–Kier alpha value is -1.33. The smallest absolute Gasteiger partial charge is 0.303 e. The van der Waals surface area contributed by atoms with E-state index in [0.717, 1.165) is 12.8 Å². The van der Waals surface area contributed by atoms with Crippen molar-refractivity contribution in [3.63, 3.8) is 0 Å². The first kappa shape index (κ1) is 14.1. The zero-order chi connectivity index (χ0) is 14.0. The monoisotopic (exact) mass is 287 g/mol. The van der Waals surface area contributed by atoms with Crippen LogP contribution in [0.3, 0.4) is 0 Å². The fraction of sp³-hybridized carbons (Fsp3) is 0.462. The third-order valence-corrected chi connectivity index (χ3v) is 3.20. The van der Waals surface area contributed by atoms with E-state index < -0.39 is 17.8 Å². The van der Waals surface area contributed by atoms with Gasteiger partial charge < -0.3 is 15.6 Å². The molecule has 0 bridgehead atoms. The number of ether oxygens (including phenoxy) is 1. The Balaban J connectivity index is 2.22. The van der Waals surface area contributed by atoms with Gasteiger partial charge in [0, 0.05) is 18.0 Å². The van der Waals surface area contributed by atoms with Crippen molar-refractivity contribution in [1.29, 1.82) is 0 Å². The molecule has 1 saturated carbocycles. The normalized spacial score (nSPS) is 16.2. The van der Waals surface area contributed by atoms with E-state index in [1.807, 2.05) is 0 Å². The van der Waals surface area contributed by atoms with Gasteiger partial charge in [-0.05, 0) is 31.4 Å². The van der Waals surface area contributed by atoms with Gasteiger partial charge in [0.1, 0.15) is 11.6 Å². The molecule has 2 rings (SSSR count). The van der Waals surface area contributed by atoms with Crippen molar-refractivity contribution in [3.05, 3.63) is 28.5 Å². The minimum atomic E-state index is -0.942. The topological polar surface area (TPSA) is 72.6 Å². The summed E-state index contributed by atoms with van der Waals surface area (Å²) in [6.45, 7) is 0. The van der Waals surface area contributed by atoms with E-state index >= 15 is 0 Å². The number of rotatable bonds is 6. The number of carboxylic acids is 1. The molecule has 0 heterocycles. The highest BCUT2D eigenvalue weighted by molar-refractivity contribution is 6.32. The summed E-state index contributed by atoms with van der Waals surface area (Å²) in [4.78, 5) is 10.6. The molecule has 0 spiro atoms. The number of carbonyl (C=O) groups is 1. The number of hydrogen-bond acceptors (Lipinski definition) is 3. The molecule has 1 aliphatic rings. The number of benzene rings is 1. The van der Waals surface area contributed by atoms with Crippen LogP contribution >= 0.6 is 11.6 Å². The average Bonchev–Trinajstić information content (AvgIpc) is 3.13. The Kier molecular flexibility index (Phi) is 4.27. The van der Waals surface area contributed by atoms with E-state index in [1.54, 1.807) is 0 Å². The first-order chi connectivity index (χ1) is 8.97. The highest BCUT2D eigenvalue weighted by Crippen LogP contribution is 2.38. The van der Waals surface area contributed by atoms with Gasteiger partial charge in [0.2, 0.25) is 0 Å². The molecular weight excluding hydrogens is 273 g/mol. The lowest BCUT2D eigenvalue weighted by atomic mass is 10.0. The quantitative estimate of drug-likeness (QED) is 0.844. The van der Waals surface area contributed by atoms with Crippen LogP contribution in [0.5, 0.6) is 5.75 Å². The summed E-state index contributed by atoms with van der Waals surface area (Å²) in [6.07, 6.45) is 2.11. The van der Waals surface area contributed by atoms with Crippen LogP contribution in [-0.2, 0) is 4.79 Å². The van der Waals surface area contributed by atoms with Gasteiger partial charge in [0.15, 0.2) is 0 Å². The number of nitrogens with two attached hydrogens (primary N) is 1. The molecule has 19 heavy (non-hydrogen) atoms. The van der Waals surface area contributed by atoms with E-state index in [0.29, 0.717) is 11.3 Å². The van der Waals surface area contributed by atoms with E-state index in [4.69, 9.17) is 27.2 Å². The van der Waals surface area contributed by atoms with E-state index in [9.17, 15) is 9.18 Å². The molecule has 0 radical (unpaired) electrons. The van der Waals surface area contributed by atoms with Crippen LogP contribution in [-0.4, -0.2) is 17.2 Å². The predicted molar refractivity (Wildman–Crippen MR) is 68.9 cm³/mol.